The number of ether oxygens (including phenoxy) is 1. The fourth-order valence-corrected chi connectivity index (χ4v) is 3.67. The zero-order valence-electron chi connectivity index (χ0n) is 13.3. The quantitative estimate of drug-likeness (QED) is 0.875. The lowest BCUT2D eigenvalue weighted by Crippen LogP contribution is -2.26. The standard InChI is InChI=1S/C18H21N3O2/c1-23-16(22)12-21-15-7-10-19-11-14(15)17(20-21)18(8-9-18)13-5-3-2-4-6-13/h2-6,19H,7-12H2,1H3. The molecule has 0 saturated heterocycles. The van der Waals surface area contributed by atoms with Crippen LogP contribution in [0.25, 0.3) is 0 Å². The number of aromatic nitrogens is 2. The highest BCUT2D eigenvalue weighted by atomic mass is 16.5. The molecule has 1 N–H and O–H groups in total. The third-order valence-electron chi connectivity index (χ3n) is 5.04. The summed E-state index contributed by atoms with van der Waals surface area (Å²) < 4.78 is 6.69. The van der Waals surface area contributed by atoms with Crippen molar-refractivity contribution in [2.75, 3.05) is 13.7 Å². The van der Waals surface area contributed by atoms with Crippen LogP contribution in [0.3, 0.4) is 0 Å². The lowest BCUT2D eigenvalue weighted by Gasteiger charge is -2.19. The summed E-state index contributed by atoms with van der Waals surface area (Å²) in [6, 6.07) is 10.6. The molecule has 0 radical (unpaired) electrons. The smallest absolute Gasteiger partial charge is 0.327 e. The molecule has 23 heavy (non-hydrogen) atoms. The summed E-state index contributed by atoms with van der Waals surface area (Å²) in [5, 5.41) is 8.31. The van der Waals surface area contributed by atoms with E-state index >= 15 is 0 Å². The Labute approximate surface area is 135 Å². The van der Waals surface area contributed by atoms with Gasteiger partial charge in [-0.05, 0) is 18.4 Å². The number of carbonyl (C=O) groups excluding carboxylic acids is 1. The van der Waals surface area contributed by atoms with Gasteiger partial charge in [0.15, 0.2) is 0 Å². The van der Waals surface area contributed by atoms with Crippen LogP contribution in [0.15, 0.2) is 30.3 Å². The summed E-state index contributed by atoms with van der Waals surface area (Å²) in [5.41, 5.74) is 4.98. The number of nitrogens with zero attached hydrogens (tertiary/aromatic N) is 2. The first-order valence-corrected chi connectivity index (χ1v) is 8.17. The van der Waals surface area contributed by atoms with Crippen LogP contribution in [-0.4, -0.2) is 29.4 Å². The number of carbonyl (C=O) groups is 1. The maximum absolute atomic E-state index is 11.7. The number of methoxy groups -OCH3 is 1. The van der Waals surface area contributed by atoms with Gasteiger partial charge in [0.1, 0.15) is 6.54 Å². The van der Waals surface area contributed by atoms with Crippen molar-refractivity contribution >= 4 is 5.97 Å². The average Bonchev–Trinajstić information content (AvgIpc) is 3.34. The molecule has 0 atom stereocenters. The Bertz CT molecular complexity index is 732. The molecule has 2 heterocycles. The summed E-state index contributed by atoms with van der Waals surface area (Å²) in [7, 11) is 1.42. The van der Waals surface area contributed by atoms with E-state index in [9.17, 15) is 4.79 Å². The Balaban J connectivity index is 1.79. The molecule has 0 bridgehead atoms. The highest BCUT2D eigenvalue weighted by Crippen LogP contribution is 2.54. The molecule has 5 heteroatoms. The highest BCUT2D eigenvalue weighted by Gasteiger charge is 2.50. The third kappa shape index (κ3) is 2.36. The van der Waals surface area contributed by atoms with E-state index in [2.05, 4.69) is 29.6 Å². The van der Waals surface area contributed by atoms with Crippen molar-refractivity contribution in [3.05, 3.63) is 52.8 Å². The number of hydrogen-bond acceptors (Lipinski definition) is 4. The second-order valence-electron chi connectivity index (χ2n) is 6.38. The Morgan fingerprint density at radius 2 is 2.13 bits per heavy atom. The molecule has 1 saturated carbocycles. The molecule has 1 aromatic carbocycles. The topological polar surface area (TPSA) is 56.2 Å². The molecule has 0 amide bonds. The third-order valence-corrected chi connectivity index (χ3v) is 5.04. The molecule has 1 aliphatic heterocycles. The predicted molar refractivity (Wildman–Crippen MR) is 86.1 cm³/mol. The molecule has 0 spiro atoms. The number of benzene rings is 1. The second kappa shape index (κ2) is 5.49. The Kier molecular flexibility index (Phi) is 3.45. The van der Waals surface area contributed by atoms with Gasteiger partial charge in [-0.25, -0.2) is 0 Å². The fourth-order valence-electron chi connectivity index (χ4n) is 3.67. The van der Waals surface area contributed by atoms with Gasteiger partial charge < -0.3 is 10.1 Å². The largest absolute Gasteiger partial charge is 0.468 e. The van der Waals surface area contributed by atoms with Crippen LogP contribution in [0.1, 0.15) is 35.4 Å². The van der Waals surface area contributed by atoms with Crippen molar-refractivity contribution in [2.45, 2.75) is 37.8 Å². The second-order valence-corrected chi connectivity index (χ2v) is 6.38. The van der Waals surface area contributed by atoms with Crippen molar-refractivity contribution in [1.82, 2.24) is 15.1 Å². The van der Waals surface area contributed by atoms with Gasteiger partial charge >= 0.3 is 5.97 Å². The van der Waals surface area contributed by atoms with Crippen LogP contribution in [-0.2, 0) is 34.5 Å². The van der Waals surface area contributed by atoms with E-state index in [0.29, 0.717) is 0 Å². The van der Waals surface area contributed by atoms with Gasteiger partial charge in [-0.3, -0.25) is 9.48 Å². The zero-order chi connectivity index (χ0) is 15.9. The van der Waals surface area contributed by atoms with E-state index in [1.165, 1.54) is 23.9 Å². The number of nitrogens with one attached hydrogen (secondary N) is 1. The number of esters is 1. The molecule has 1 aliphatic carbocycles. The van der Waals surface area contributed by atoms with Gasteiger partial charge in [0.05, 0.1) is 12.8 Å². The number of rotatable bonds is 4. The highest BCUT2D eigenvalue weighted by molar-refractivity contribution is 5.69. The van der Waals surface area contributed by atoms with Crippen LogP contribution in [0.2, 0.25) is 0 Å². The van der Waals surface area contributed by atoms with Gasteiger partial charge in [0.2, 0.25) is 0 Å². The number of fused-ring (bicyclic) bond motifs is 1. The minimum absolute atomic E-state index is 0.0335. The Morgan fingerprint density at radius 3 is 2.83 bits per heavy atom. The molecular weight excluding hydrogens is 290 g/mol. The van der Waals surface area contributed by atoms with Gasteiger partial charge in [-0.2, -0.15) is 5.10 Å². The summed E-state index contributed by atoms with van der Waals surface area (Å²) in [5.74, 6) is -0.245. The summed E-state index contributed by atoms with van der Waals surface area (Å²) in [6.45, 7) is 1.96. The van der Waals surface area contributed by atoms with Crippen molar-refractivity contribution in [2.24, 2.45) is 0 Å². The lowest BCUT2D eigenvalue weighted by molar-refractivity contribution is -0.141. The molecule has 2 aliphatic rings. The minimum Gasteiger partial charge on any atom is -0.468 e. The molecule has 5 nitrogen and oxygen atoms in total. The van der Waals surface area contributed by atoms with E-state index in [1.807, 2.05) is 10.7 Å². The zero-order valence-corrected chi connectivity index (χ0v) is 13.3. The summed E-state index contributed by atoms with van der Waals surface area (Å²) >= 11 is 0. The Hall–Kier alpha value is -2.14. The average molecular weight is 311 g/mol. The van der Waals surface area contributed by atoms with E-state index in [0.717, 1.165) is 38.0 Å². The SMILES string of the molecule is COC(=O)Cn1nc(C2(c3ccccc3)CC2)c2c1CCNC2. The first-order valence-electron chi connectivity index (χ1n) is 8.17. The fraction of sp³-hybridized carbons (Fsp3) is 0.444. The van der Waals surface area contributed by atoms with Crippen molar-refractivity contribution < 1.29 is 9.53 Å². The van der Waals surface area contributed by atoms with E-state index in [1.54, 1.807) is 0 Å². The van der Waals surface area contributed by atoms with Gasteiger partial charge in [0, 0.05) is 36.2 Å². The normalized spacial score (nSPS) is 18.3. The van der Waals surface area contributed by atoms with Crippen LogP contribution < -0.4 is 5.32 Å². The summed E-state index contributed by atoms with van der Waals surface area (Å²) in [6.07, 6.45) is 3.15. The van der Waals surface area contributed by atoms with E-state index < -0.39 is 0 Å². The van der Waals surface area contributed by atoms with Gasteiger partial charge in [-0.1, -0.05) is 30.3 Å². The molecular formula is C18H21N3O2. The molecule has 1 aromatic heterocycles. The molecule has 4 rings (SSSR count). The number of hydrogen-bond donors (Lipinski definition) is 1. The lowest BCUT2D eigenvalue weighted by atomic mass is 9.88. The Morgan fingerprint density at radius 1 is 1.35 bits per heavy atom. The van der Waals surface area contributed by atoms with Crippen molar-refractivity contribution in [3.8, 4) is 0 Å². The minimum atomic E-state index is -0.245. The molecule has 120 valence electrons. The van der Waals surface area contributed by atoms with Crippen LogP contribution in [0, 0.1) is 0 Å². The van der Waals surface area contributed by atoms with Crippen molar-refractivity contribution in [1.29, 1.82) is 0 Å². The van der Waals surface area contributed by atoms with E-state index in [4.69, 9.17) is 9.84 Å². The van der Waals surface area contributed by atoms with Gasteiger partial charge in [-0.15, -0.1) is 0 Å². The summed E-state index contributed by atoms with van der Waals surface area (Å²) in [4.78, 5) is 11.7. The van der Waals surface area contributed by atoms with Gasteiger partial charge in [0.25, 0.3) is 0 Å². The predicted octanol–water partition coefficient (Wildman–Crippen LogP) is 1.78. The maximum Gasteiger partial charge on any atom is 0.327 e. The first-order chi connectivity index (χ1) is 11.2. The first kappa shape index (κ1) is 14.5. The van der Waals surface area contributed by atoms with Crippen LogP contribution in [0.5, 0.6) is 0 Å². The molecule has 2 aromatic rings. The molecule has 1 fully saturated rings. The van der Waals surface area contributed by atoms with Crippen LogP contribution in [0.4, 0.5) is 0 Å². The molecule has 0 unspecified atom stereocenters. The van der Waals surface area contributed by atoms with E-state index in [-0.39, 0.29) is 17.9 Å². The van der Waals surface area contributed by atoms with Crippen LogP contribution >= 0.6 is 0 Å². The maximum atomic E-state index is 11.7. The monoisotopic (exact) mass is 311 g/mol. The van der Waals surface area contributed by atoms with Crippen molar-refractivity contribution in [3.63, 3.8) is 0 Å².